The fourth-order valence-electron chi connectivity index (χ4n) is 1.42. The molecule has 0 fully saturated rings. The fraction of sp³-hybridized carbons (Fsp3) is 0.0769. The van der Waals surface area contributed by atoms with Crippen LogP contribution in [0.5, 0.6) is 0 Å². The van der Waals surface area contributed by atoms with E-state index in [-0.39, 0.29) is 4.90 Å². The highest BCUT2D eigenvalue weighted by atomic mass is 79.9. The Kier molecular flexibility index (Phi) is 4.51. The smallest absolute Gasteiger partial charge is 0.255 e. The molecule has 2 rings (SSSR count). The highest BCUT2D eigenvalue weighted by Crippen LogP contribution is 2.10. The normalized spacial score (nSPS) is 11.7. The highest BCUT2D eigenvalue weighted by Gasteiger charge is 2.11. The van der Waals surface area contributed by atoms with Gasteiger partial charge in [0.15, 0.2) is 0 Å². The minimum absolute atomic E-state index is 0.169. The molecule has 0 saturated carbocycles. The van der Waals surface area contributed by atoms with Gasteiger partial charge in [0.1, 0.15) is 0 Å². The van der Waals surface area contributed by atoms with Crippen molar-refractivity contribution in [1.82, 2.24) is 9.82 Å². The molecule has 0 bridgehead atoms. The Labute approximate surface area is 125 Å². The number of halogens is 1. The number of hydrogen-bond donors (Lipinski definition) is 1. The lowest BCUT2D eigenvalue weighted by molar-refractivity contribution is 0.584. The summed E-state index contributed by atoms with van der Waals surface area (Å²) in [7, 11) is -3.64. The molecule has 7 heteroatoms. The van der Waals surface area contributed by atoms with Crippen molar-refractivity contribution in [2.24, 2.45) is 5.10 Å². The Morgan fingerprint density at radius 3 is 2.60 bits per heavy atom. The number of aromatic nitrogens is 1. The Bertz CT molecular complexity index is 728. The van der Waals surface area contributed by atoms with E-state index in [4.69, 9.17) is 0 Å². The summed E-state index contributed by atoms with van der Waals surface area (Å²) in [4.78, 5) is 6.35. The first-order valence-electron chi connectivity index (χ1n) is 5.70. The molecule has 0 amide bonds. The monoisotopic (exact) mass is 353 g/mol. The average molecular weight is 354 g/mol. The molecular weight excluding hydrogens is 342 g/mol. The van der Waals surface area contributed by atoms with E-state index in [2.05, 4.69) is 30.8 Å². The molecule has 20 heavy (non-hydrogen) atoms. The maximum atomic E-state index is 11.9. The van der Waals surface area contributed by atoms with E-state index < -0.39 is 10.0 Å². The minimum atomic E-state index is -3.64. The van der Waals surface area contributed by atoms with Gasteiger partial charge in [-0.05, 0) is 31.2 Å². The molecule has 0 unspecified atom stereocenters. The largest absolute Gasteiger partial charge is 0.276 e. The Morgan fingerprint density at radius 1 is 1.25 bits per heavy atom. The highest BCUT2D eigenvalue weighted by molar-refractivity contribution is 9.10. The molecule has 0 saturated heterocycles. The van der Waals surface area contributed by atoms with Crippen molar-refractivity contribution < 1.29 is 8.42 Å². The topological polar surface area (TPSA) is 71.4 Å². The third kappa shape index (κ3) is 3.88. The number of nitrogens with zero attached hydrogens (tertiary/aromatic N) is 2. The molecule has 5 nitrogen and oxygen atoms in total. The van der Waals surface area contributed by atoms with Crippen LogP contribution in [0.15, 0.2) is 57.1 Å². The van der Waals surface area contributed by atoms with Crippen LogP contribution in [-0.4, -0.2) is 19.6 Å². The van der Waals surface area contributed by atoms with Crippen LogP contribution in [0, 0.1) is 6.92 Å². The SMILES string of the molecule is Cc1ccc(S(=O)(=O)NN=Cc2cc(Br)ccn2)cc1. The van der Waals surface area contributed by atoms with E-state index in [0.717, 1.165) is 10.0 Å². The van der Waals surface area contributed by atoms with Crippen molar-refractivity contribution in [3.8, 4) is 0 Å². The summed E-state index contributed by atoms with van der Waals surface area (Å²) in [5.74, 6) is 0. The van der Waals surface area contributed by atoms with Gasteiger partial charge in [-0.25, -0.2) is 4.83 Å². The van der Waals surface area contributed by atoms with Gasteiger partial charge in [-0.15, -0.1) is 0 Å². The summed E-state index contributed by atoms with van der Waals surface area (Å²) in [6, 6.07) is 10.0. The van der Waals surface area contributed by atoms with Gasteiger partial charge in [0.2, 0.25) is 0 Å². The number of rotatable bonds is 4. The molecule has 0 aliphatic carbocycles. The van der Waals surface area contributed by atoms with E-state index >= 15 is 0 Å². The van der Waals surface area contributed by atoms with Crippen molar-refractivity contribution in [3.05, 3.63) is 58.3 Å². The van der Waals surface area contributed by atoms with Gasteiger partial charge in [-0.1, -0.05) is 33.6 Å². The third-order valence-electron chi connectivity index (χ3n) is 2.44. The molecule has 1 heterocycles. The van der Waals surface area contributed by atoms with Crippen LogP contribution >= 0.6 is 15.9 Å². The molecule has 1 aromatic carbocycles. The van der Waals surface area contributed by atoms with Crippen LogP contribution in [0.25, 0.3) is 0 Å². The quantitative estimate of drug-likeness (QED) is 0.677. The summed E-state index contributed by atoms with van der Waals surface area (Å²) in [6.07, 6.45) is 2.94. The van der Waals surface area contributed by atoms with Crippen molar-refractivity contribution in [3.63, 3.8) is 0 Å². The lowest BCUT2D eigenvalue weighted by Gasteiger charge is -2.03. The van der Waals surface area contributed by atoms with Gasteiger partial charge < -0.3 is 0 Å². The second-order valence-electron chi connectivity index (χ2n) is 4.06. The molecule has 1 aromatic heterocycles. The molecule has 0 radical (unpaired) electrons. The van der Waals surface area contributed by atoms with Gasteiger partial charge in [-0.3, -0.25) is 4.98 Å². The molecule has 104 valence electrons. The summed E-state index contributed by atoms with van der Waals surface area (Å²) in [6.45, 7) is 1.89. The van der Waals surface area contributed by atoms with Crippen LogP contribution < -0.4 is 4.83 Å². The molecule has 0 atom stereocenters. The van der Waals surface area contributed by atoms with Crippen LogP contribution in [0.3, 0.4) is 0 Å². The second-order valence-corrected chi connectivity index (χ2v) is 6.64. The van der Waals surface area contributed by atoms with Gasteiger partial charge in [0, 0.05) is 10.7 Å². The first kappa shape index (κ1) is 14.7. The van der Waals surface area contributed by atoms with E-state index in [0.29, 0.717) is 5.69 Å². The lowest BCUT2D eigenvalue weighted by Crippen LogP contribution is -2.18. The number of hydrazone groups is 1. The summed E-state index contributed by atoms with van der Waals surface area (Å²) >= 11 is 3.30. The zero-order valence-electron chi connectivity index (χ0n) is 10.6. The predicted molar refractivity (Wildman–Crippen MR) is 81.0 cm³/mol. The van der Waals surface area contributed by atoms with Crippen LogP contribution in [0.1, 0.15) is 11.3 Å². The Morgan fingerprint density at radius 2 is 1.95 bits per heavy atom. The molecule has 1 N–H and O–H groups in total. The lowest BCUT2D eigenvalue weighted by atomic mass is 10.2. The van der Waals surface area contributed by atoms with E-state index in [9.17, 15) is 8.42 Å². The van der Waals surface area contributed by atoms with E-state index in [1.54, 1.807) is 30.5 Å². The molecular formula is C13H12BrN3O2S. The maximum Gasteiger partial charge on any atom is 0.276 e. The number of sulfonamides is 1. The molecule has 0 spiro atoms. The van der Waals surface area contributed by atoms with Crippen LogP contribution in [-0.2, 0) is 10.0 Å². The number of aryl methyl sites for hydroxylation is 1. The predicted octanol–water partition coefficient (Wildman–Crippen LogP) is 2.46. The van der Waals surface area contributed by atoms with Crippen LogP contribution in [0.4, 0.5) is 0 Å². The van der Waals surface area contributed by atoms with E-state index in [1.807, 2.05) is 6.92 Å². The van der Waals surface area contributed by atoms with Gasteiger partial charge in [0.05, 0.1) is 16.8 Å². The Balaban J connectivity index is 2.11. The molecule has 0 aliphatic heterocycles. The van der Waals surface area contributed by atoms with E-state index in [1.165, 1.54) is 18.3 Å². The number of pyridine rings is 1. The zero-order valence-corrected chi connectivity index (χ0v) is 13.0. The zero-order chi connectivity index (χ0) is 14.6. The van der Waals surface area contributed by atoms with Crippen molar-refractivity contribution in [1.29, 1.82) is 0 Å². The van der Waals surface area contributed by atoms with Crippen LogP contribution in [0.2, 0.25) is 0 Å². The summed E-state index contributed by atoms with van der Waals surface area (Å²) in [5, 5.41) is 3.71. The first-order chi connectivity index (χ1) is 9.47. The first-order valence-corrected chi connectivity index (χ1v) is 7.98. The molecule has 2 aromatic rings. The third-order valence-corrected chi connectivity index (χ3v) is 4.18. The maximum absolute atomic E-state index is 11.9. The summed E-state index contributed by atoms with van der Waals surface area (Å²) in [5.41, 5.74) is 1.54. The van der Waals surface area contributed by atoms with Crippen molar-refractivity contribution >= 4 is 32.2 Å². The van der Waals surface area contributed by atoms with Gasteiger partial charge in [0.25, 0.3) is 10.0 Å². The van der Waals surface area contributed by atoms with Gasteiger partial charge >= 0.3 is 0 Å². The fourth-order valence-corrected chi connectivity index (χ4v) is 2.57. The molecule has 0 aliphatic rings. The van der Waals surface area contributed by atoms with Crippen molar-refractivity contribution in [2.75, 3.05) is 0 Å². The van der Waals surface area contributed by atoms with Gasteiger partial charge in [-0.2, -0.15) is 13.5 Å². The minimum Gasteiger partial charge on any atom is -0.255 e. The second kappa shape index (κ2) is 6.15. The number of nitrogens with one attached hydrogen (secondary N) is 1. The number of benzene rings is 1. The Hall–Kier alpha value is -1.73. The summed E-state index contributed by atoms with van der Waals surface area (Å²) < 4.78 is 24.7. The standard InChI is InChI=1S/C13H12BrN3O2S/c1-10-2-4-13(5-3-10)20(18,19)17-16-9-12-8-11(14)6-7-15-12/h2-9,17H,1H3. The number of hydrogen-bond acceptors (Lipinski definition) is 4. The average Bonchev–Trinajstić information content (AvgIpc) is 2.39. The van der Waals surface area contributed by atoms with Crippen molar-refractivity contribution in [2.45, 2.75) is 11.8 Å².